The zero-order valence-corrected chi connectivity index (χ0v) is 17.4. The van der Waals surface area contributed by atoms with Crippen molar-refractivity contribution in [2.45, 2.75) is 12.3 Å². The summed E-state index contributed by atoms with van der Waals surface area (Å²) in [4.78, 5) is 4.28. The van der Waals surface area contributed by atoms with Crippen LogP contribution in [0, 0.1) is 0 Å². The summed E-state index contributed by atoms with van der Waals surface area (Å²) in [6.07, 6.45) is 2.86. The maximum Gasteiger partial charge on any atom is 0.0361 e. The van der Waals surface area contributed by atoms with Gasteiger partial charge >= 0.3 is 0 Å². The molecule has 3 aromatic carbocycles. The summed E-state index contributed by atoms with van der Waals surface area (Å²) in [7, 11) is 8.31. The Bertz CT molecular complexity index is 837. The second-order valence-corrected chi connectivity index (χ2v) is 7.67. The third-order valence-electron chi connectivity index (χ3n) is 5.28. The molecule has 0 amide bonds. The van der Waals surface area contributed by atoms with E-state index < -0.39 is 0 Å². The molecule has 0 atom stereocenters. The van der Waals surface area contributed by atoms with Gasteiger partial charge in [-0.2, -0.15) is 0 Å². The smallest absolute Gasteiger partial charge is 0.0361 e. The first-order valence-electron chi connectivity index (χ1n) is 9.74. The fourth-order valence-corrected chi connectivity index (χ4v) is 3.46. The molecule has 28 heavy (non-hydrogen) atoms. The van der Waals surface area contributed by atoms with E-state index in [1.54, 1.807) is 0 Å². The molecule has 0 saturated carbocycles. The highest BCUT2D eigenvalue weighted by Gasteiger charge is 2.16. The van der Waals surface area contributed by atoms with Crippen LogP contribution in [0.25, 0.3) is 6.08 Å². The van der Waals surface area contributed by atoms with Gasteiger partial charge in [-0.15, -0.1) is 0 Å². The summed E-state index contributed by atoms with van der Waals surface area (Å²) in [5.74, 6) is 0.321. The Labute approximate surface area is 169 Å². The SMILES string of the molecule is C=Cc1ccc(CC(c2ccc(N(C)C)cc2)c2ccc(N(C)C)cc2)cc1. The van der Waals surface area contributed by atoms with Crippen molar-refractivity contribution < 1.29 is 0 Å². The van der Waals surface area contributed by atoms with Crippen molar-refractivity contribution in [3.63, 3.8) is 0 Å². The third-order valence-corrected chi connectivity index (χ3v) is 5.28. The Balaban J connectivity index is 1.95. The van der Waals surface area contributed by atoms with E-state index in [-0.39, 0.29) is 0 Å². The van der Waals surface area contributed by atoms with Crippen molar-refractivity contribution in [3.05, 3.63) is 102 Å². The highest BCUT2D eigenvalue weighted by molar-refractivity contribution is 5.51. The summed E-state index contributed by atoms with van der Waals surface area (Å²) in [6.45, 7) is 3.85. The number of hydrogen-bond donors (Lipinski definition) is 0. The van der Waals surface area contributed by atoms with Crippen molar-refractivity contribution in [3.8, 4) is 0 Å². The summed E-state index contributed by atoms with van der Waals surface area (Å²) in [5.41, 5.74) is 7.63. The van der Waals surface area contributed by atoms with Gasteiger partial charge in [0.15, 0.2) is 0 Å². The quantitative estimate of drug-likeness (QED) is 0.516. The zero-order valence-electron chi connectivity index (χ0n) is 17.4. The Morgan fingerprint density at radius 2 is 1.11 bits per heavy atom. The molecular formula is C26H30N2. The molecule has 0 N–H and O–H groups in total. The average Bonchev–Trinajstić information content (AvgIpc) is 2.72. The molecule has 144 valence electrons. The highest BCUT2D eigenvalue weighted by atomic mass is 15.1. The number of nitrogens with zero attached hydrogens (tertiary/aromatic N) is 2. The molecule has 3 aromatic rings. The first kappa shape index (κ1) is 19.8. The lowest BCUT2D eigenvalue weighted by atomic mass is 9.85. The molecule has 0 bridgehead atoms. The Morgan fingerprint density at radius 1 is 0.679 bits per heavy atom. The van der Waals surface area contributed by atoms with Gasteiger partial charge in [0.2, 0.25) is 0 Å². The second-order valence-electron chi connectivity index (χ2n) is 7.67. The van der Waals surface area contributed by atoms with Crippen LogP contribution in [0.2, 0.25) is 0 Å². The van der Waals surface area contributed by atoms with Crippen LogP contribution in [0.15, 0.2) is 79.4 Å². The molecule has 0 aromatic heterocycles. The van der Waals surface area contributed by atoms with E-state index in [1.807, 2.05) is 6.08 Å². The predicted molar refractivity (Wildman–Crippen MR) is 124 cm³/mol. The first-order valence-corrected chi connectivity index (χ1v) is 9.74. The Kier molecular flexibility index (Phi) is 6.20. The minimum Gasteiger partial charge on any atom is -0.378 e. The first-order chi connectivity index (χ1) is 13.5. The van der Waals surface area contributed by atoms with Crippen LogP contribution in [0.5, 0.6) is 0 Å². The van der Waals surface area contributed by atoms with Crippen LogP contribution in [-0.2, 0) is 6.42 Å². The van der Waals surface area contributed by atoms with E-state index in [9.17, 15) is 0 Å². The lowest BCUT2D eigenvalue weighted by Gasteiger charge is -2.21. The molecule has 0 heterocycles. The van der Waals surface area contributed by atoms with Crippen molar-refractivity contribution in [1.82, 2.24) is 0 Å². The van der Waals surface area contributed by atoms with Gasteiger partial charge in [0.25, 0.3) is 0 Å². The molecule has 0 aliphatic heterocycles. The molecule has 0 aliphatic rings. The van der Waals surface area contributed by atoms with E-state index >= 15 is 0 Å². The van der Waals surface area contributed by atoms with Gasteiger partial charge in [-0.3, -0.25) is 0 Å². The molecule has 0 aliphatic carbocycles. The van der Waals surface area contributed by atoms with E-state index in [0.29, 0.717) is 5.92 Å². The van der Waals surface area contributed by atoms with Crippen LogP contribution in [0.3, 0.4) is 0 Å². The van der Waals surface area contributed by atoms with Crippen LogP contribution >= 0.6 is 0 Å². The highest BCUT2D eigenvalue weighted by Crippen LogP contribution is 2.31. The zero-order chi connectivity index (χ0) is 20.1. The van der Waals surface area contributed by atoms with Gasteiger partial charge in [-0.25, -0.2) is 0 Å². The van der Waals surface area contributed by atoms with E-state index in [2.05, 4.69) is 117 Å². The van der Waals surface area contributed by atoms with Crippen molar-refractivity contribution in [2.24, 2.45) is 0 Å². The maximum absolute atomic E-state index is 3.85. The maximum atomic E-state index is 3.85. The molecule has 2 heteroatoms. The Morgan fingerprint density at radius 3 is 1.46 bits per heavy atom. The van der Waals surface area contributed by atoms with Crippen LogP contribution in [-0.4, -0.2) is 28.2 Å². The lowest BCUT2D eigenvalue weighted by molar-refractivity contribution is 0.804. The van der Waals surface area contributed by atoms with Crippen molar-refractivity contribution >= 4 is 17.5 Å². The second kappa shape index (κ2) is 8.79. The fourth-order valence-electron chi connectivity index (χ4n) is 3.46. The molecule has 0 saturated heterocycles. The van der Waals surface area contributed by atoms with E-state index in [1.165, 1.54) is 28.1 Å². The van der Waals surface area contributed by atoms with E-state index in [0.717, 1.165) is 12.0 Å². The summed E-state index contributed by atoms with van der Waals surface area (Å²) in [5, 5.41) is 0. The number of rotatable bonds is 7. The van der Waals surface area contributed by atoms with Gasteiger partial charge < -0.3 is 9.80 Å². The molecule has 0 unspecified atom stereocenters. The standard InChI is InChI=1S/C26H30N2/c1-6-20-7-9-21(10-8-20)19-26(22-11-15-24(16-12-22)27(2)3)23-13-17-25(18-14-23)28(4)5/h6-18,26H,1,19H2,2-5H3. The normalized spacial score (nSPS) is 10.8. The predicted octanol–water partition coefficient (Wildman–Crippen LogP) is 5.84. The molecule has 2 nitrogen and oxygen atoms in total. The molecule has 3 rings (SSSR count). The average molecular weight is 371 g/mol. The third kappa shape index (κ3) is 4.64. The lowest BCUT2D eigenvalue weighted by Crippen LogP contribution is -2.10. The van der Waals surface area contributed by atoms with Crippen LogP contribution < -0.4 is 9.80 Å². The number of hydrogen-bond acceptors (Lipinski definition) is 2. The van der Waals surface area contributed by atoms with Crippen molar-refractivity contribution in [2.75, 3.05) is 38.0 Å². The minimum atomic E-state index is 0.321. The molecule has 0 radical (unpaired) electrons. The minimum absolute atomic E-state index is 0.321. The number of anilines is 2. The monoisotopic (exact) mass is 370 g/mol. The molecular weight excluding hydrogens is 340 g/mol. The summed E-state index contributed by atoms with van der Waals surface area (Å²) < 4.78 is 0. The van der Waals surface area contributed by atoms with Gasteiger partial charge in [0.05, 0.1) is 0 Å². The van der Waals surface area contributed by atoms with Gasteiger partial charge in [0.1, 0.15) is 0 Å². The van der Waals surface area contributed by atoms with Crippen LogP contribution in [0.4, 0.5) is 11.4 Å². The molecule has 0 fully saturated rings. The van der Waals surface area contributed by atoms with E-state index in [4.69, 9.17) is 0 Å². The molecule has 0 spiro atoms. The Hall–Kier alpha value is -3.00. The summed E-state index contributed by atoms with van der Waals surface area (Å²) in [6, 6.07) is 26.6. The van der Waals surface area contributed by atoms with Gasteiger partial charge in [0, 0.05) is 45.5 Å². The topological polar surface area (TPSA) is 6.48 Å². The largest absolute Gasteiger partial charge is 0.378 e. The van der Waals surface area contributed by atoms with Gasteiger partial charge in [-0.1, -0.05) is 61.2 Å². The van der Waals surface area contributed by atoms with Crippen molar-refractivity contribution in [1.29, 1.82) is 0 Å². The fraction of sp³-hybridized carbons (Fsp3) is 0.231. The van der Waals surface area contributed by atoms with Gasteiger partial charge in [-0.05, 0) is 52.9 Å². The summed E-state index contributed by atoms with van der Waals surface area (Å²) >= 11 is 0. The number of benzene rings is 3. The van der Waals surface area contributed by atoms with Crippen LogP contribution in [0.1, 0.15) is 28.2 Å².